The lowest BCUT2D eigenvalue weighted by atomic mass is 10.1. The van der Waals surface area contributed by atoms with Gasteiger partial charge in [-0.3, -0.25) is 4.79 Å². The summed E-state index contributed by atoms with van der Waals surface area (Å²) >= 11 is 0. The van der Waals surface area contributed by atoms with Crippen LogP contribution in [0.15, 0.2) is 42.5 Å². The summed E-state index contributed by atoms with van der Waals surface area (Å²) in [4.78, 5) is 12.5. The Morgan fingerprint density at radius 2 is 1.63 bits per heavy atom. The van der Waals surface area contributed by atoms with E-state index in [0.29, 0.717) is 30.5 Å². The fourth-order valence-corrected chi connectivity index (χ4v) is 2.68. The van der Waals surface area contributed by atoms with Crippen LogP contribution >= 0.6 is 0 Å². The predicted molar refractivity (Wildman–Crippen MR) is 107 cm³/mol. The predicted octanol–water partition coefficient (Wildman–Crippen LogP) is 4.44. The molecule has 1 amide bonds. The standard InChI is InChI=1S/C22H29NO4/c1-6-25-20-13-12-18(14-21(20)26-7-2)16(4)23-22(24)17(5)27-19-11-9-8-10-15(19)3/h8-14,16-17H,6-7H2,1-5H3,(H,23,24)/t16-,17+/m0/s1. The summed E-state index contributed by atoms with van der Waals surface area (Å²) in [6.07, 6.45) is -0.595. The number of amides is 1. The number of carbonyl (C=O) groups is 1. The second-order valence-corrected chi connectivity index (χ2v) is 6.33. The quantitative estimate of drug-likeness (QED) is 0.708. The van der Waals surface area contributed by atoms with Crippen molar-refractivity contribution in [1.29, 1.82) is 0 Å². The van der Waals surface area contributed by atoms with E-state index in [1.807, 2.05) is 70.2 Å². The highest BCUT2D eigenvalue weighted by Crippen LogP contribution is 2.30. The molecule has 5 nitrogen and oxygen atoms in total. The third-order valence-electron chi connectivity index (χ3n) is 4.19. The van der Waals surface area contributed by atoms with E-state index in [1.165, 1.54) is 0 Å². The van der Waals surface area contributed by atoms with Gasteiger partial charge < -0.3 is 19.5 Å². The van der Waals surface area contributed by atoms with Gasteiger partial charge in [0.2, 0.25) is 0 Å². The van der Waals surface area contributed by atoms with Crippen LogP contribution < -0.4 is 19.5 Å². The topological polar surface area (TPSA) is 56.8 Å². The van der Waals surface area contributed by atoms with Crippen molar-refractivity contribution in [1.82, 2.24) is 5.32 Å². The Hall–Kier alpha value is -2.69. The van der Waals surface area contributed by atoms with Crippen LogP contribution in [0.3, 0.4) is 0 Å². The van der Waals surface area contributed by atoms with Gasteiger partial charge >= 0.3 is 0 Å². The number of nitrogens with one attached hydrogen (secondary N) is 1. The van der Waals surface area contributed by atoms with Crippen molar-refractivity contribution in [3.05, 3.63) is 53.6 Å². The Kier molecular flexibility index (Phi) is 7.53. The monoisotopic (exact) mass is 371 g/mol. The molecule has 27 heavy (non-hydrogen) atoms. The largest absolute Gasteiger partial charge is 0.490 e. The molecule has 0 aliphatic rings. The molecule has 1 N–H and O–H groups in total. The van der Waals surface area contributed by atoms with Gasteiger partial charge in [0, 0.05) is 0 Å². The molecule has 5 heteroatoms. The molecule has 0 saturated carbocycles. The van der Waals surface area contributed by atoms with Gasteiger partial charge in [-0.1, -0.05) is 24.3 Å². The Balaban J connectivity index is 2.04. The smallest absolute Gasteiger partial charge is 0.261 e. The molecular formula is C22H29NO4. The number of ether oxygens (including phenoxy) is 3. The number of benzene rings is 2. The Bertz CT molecular complexity index is 760. The number of aryl methyl sites for hydroxylation is 1. The number of carbonyl (C=O) groups excluding carboxylic acids is 1. The van der Waals surface area contributed by atoms with E-state index >= 15 is 0 Å². The van der Waals surface area contributed by atoms with Crippen LogP contribution in [0.25, 0.3) is 0 Å². The molecule has 0 radical (unpaired) electrons. The van der Waals surface area contributed by atoms with E-state index in [0.717, 1.165) is 11.1 Å². The summed E-state index contributed by atoms with van der Waals surface area (Å²) in [7, 11) is 0. The van der Waals surface area contributed by atoms with E-state index in [4.69, 9.17) is 14.2 Å². The Morgan fingerprint density at radius 1 is 0.963 bits per heavy atom. The SMILES string of the molecule is CCOc1ccc([C@H](C)NC(=O)[C@@H](C)Oc2ccccc2C)cc1OCC. The minimum absolute atomic E-state index is 0.169. The van der Waals surface area contributed by atoms with Gasteiger partial charge in [-0.2, -0.15) is 0 Å². The molecule has 2 atom stereocenters. The zero-order chi connectivity index (χ0) is 19.8. The van der Waals surface area contributed by atoms with Crippen molar-refractivity contribution in [2.24, 2.45) is 0 Å². The maximum absolute atomic E-state index is 12.5. The van der Waals surface area contributed by atoms with E-state index in [2.05, 4.69) is 5.32 Å². The van der Waals surface area contributed by atoms with Crippen LogP contribution in [0.4, 0.5) is 0 Å². The summed E-state index contributed by atoms with van der Waals surface area (Å²) in [5, 5.41) is 3.00. The highest BCUT2D eigenvalue weighted by molar-refractivity contribution is 5.81. The summed E-state index contributed by atoms with van der Waals surface area (Å²) in [6.45, 7) is 10.6. The van der Waals surface area contributed by atoms with Gasteiger partial charge in [-0.05, 0) is 63.9 Å². The molecular weight excluding hydrogens is 342 g/mol. The first-order valence-corrected chi connectivity index (χ1v) is 9.38. The number of para-hydroxylation sites is 1. The molecule has 0 heterocycles. The summed E-state index contributed by atoms with van der Waals surface area (Å²) < 4.78 is 17.1. The Labute approximate surface area is 161 Å². The number of hydrogen-bond donors (Lipinski definition) is 1. The van der Waals surface area contributed by atoms with Crippen molar-refractivity contribution in [3.63, 3.8) is 0 Å². The lowest BCUT2D eigenvalue weighted by Gasteiger charge is -2.21. The fraction of sp³-hybridized carbons (Fsp3) is 0.409. The first kappa shape index (κ1) is 20.6. The molecule has 0 saturated heterocycles. The van der Waals surface area contributed by atoms with Crippen molar-refractivity contribution >= 4 is 5.91 Å². The molecule has 0 spiro atoms. The average molecular weight is 371 g/mol. The maximum atomic E-state index is 12.5. The van der Waals surface area contributed by atoms with Crippen LogP contribution in [0.5, 0.6) is 17.2 Å². The zero-order valence-corrected chi connectivity index (χ0v) is 16.7. The van der Waals surface area contributed by atoms with Gasteiger partial charge in [0.1, 0.15) is 5.75 Å². The van der Waals surface area contributed by atoms with Crippen LogP contribution in [-0.2, 0) is 4.79 Å². The van der Waals surface area contributed by atoms with Crippen molar-refractivity contribution in [2.45, 2.75) is 46.8 Å². The molecule has 2 aromatic rings. The van der Waals surface area contributed by atoms with Crippen LogP contribution in [0, 0.1) is 6.92 Å². The first-order valence-electron chi connectivity index (χ1n) is 9.38. The molecule has 0 aromatic heterocycles. The van der Waals surface area contributed by atoms with Crippen molar-refractivity contribution in [3.8, 4) is 17.2 Å². The molecule has 0 aliphatic carbocycles. The van der Waals surface area contributed by atoms with Gasteiger partial charge in [0.15, 0.2) is 17.6 Å². The highest BCUT2D eigenvalue weighted by atomic mass is 16.5. The summed E-state index contributed by atoms with van der Waals surface area (Å²) in [6, 6.07) is 13.2. The van der Waals surface area contributed by atoms with Gasteiger partial charge in [-0.25, -0.2) is 0 Å². The molecule has 0 fully saturated rings. The van der Waals surface area contributed by atoms with Crippen LogP contribution in [0.2, 0.25) is 0 Å². The second-order valence-electron chi connectivity index (χ2n) is 6.33. The van der Waals surface area contributed by atoms with E-state index in [9.17, 15) is 4.79 Å². The van der Waals surface area contributed by atoms with Crippen molar-refractivity contribution < 1.29 is 19.0 Å². The third kappa shape index (κ3) is 5.64. The van der Waals surface area contributed by atoms with Crippen molar-refractivity contribution in [2.75, 3.05) is 13.2 Å². The summed E-state index contributed by atoms with van der Waals surface area (Å²) in [5.74, 6) is 1.94. The molecule has 2 aromatic carbocycles. The van der Waals surface area contributed by atoms with Gasteiger partial charge in [0.05, 0.1) is 19.3 Å². The molecule has 0 unspecified atom stereocenters. The number of rotatable bonds is 9. The zero-order valence-electron chi connectivity index (χ0n) is 16.7. The molecule has 0 bridgehead atoms. The average Bonchev–Trinajstić information content (AvgIpc) is 2.65. The minimum atomic E-state index is -0.595. The van der Waals surface area contributed by atoms with Crippen LogP contribution in [0.1, 0.15) is 44.9 Å². The lowest BCUT2D eigenvalue weighted by Crippen LogP contribution is -2.37. The third-order valence-corrected chi connectivity index (χ3v) is 4.19. The summed E-state index contributed by atoms with van der Waals surface area (Å²) in [5.41, 5.74) is 1.94. The van der Waals surface area contributed by atoms with E-state index in [-0.39, 0.29) is 11.9 Å². The van der Waals surface area contributed by atoms with Gasteiger partial charge in [0.25, 0.3) is 5.91 Å². The highest BCUT2D eigenvalue weighted by Gasteiger charge is 2.19. The fourth-order valence-electron chi connectivity index (χ4n) is 2.68. The maximum Gasteiger partial charge on any atom is 0.261 e. The number of hydrogen-bond acceptors (Lipinski definition) is 4. The van der Waals surface area contributed by atoms with E-state index in [1.54, 1.807) is 6.92 Å². The van der Waals surface area contributed by atoms with E-state index < -0.39 is 6.10 Å². The second kappa shape index (κ2) is 9.86. The Morgan fingerprint density at radius 3 is 2.30 bits per heavy atom. The molecule has 2 rings (SSSR count). The molecule has 0 aliphatic heterocycles. The van der Waals surface area contributed by atoms with Crippen LogP contribution in [-0.4, -0.2) is 25.2 Å². The minimum Gasteiger partial charge on any atom is -0.490 e. The first-order chi connectivity index (χ1) is 13.0. The molecule has 146 valence electrons. The van der Waals surface area contributed by atoms with Gasteiger partial charge in [-0.15, -0.1) is 0 Å². The lowest BCUT2D eigenvalue weighted by molar-refractivity contribution is -0.127. The normalized spacial score (nSPS) is 12.8.